The van der Waals surface area contributed by atoms with Gasteiger partial charge in [-0.05, 0) is 25.0 Å². The summed E-state index contributed by atoms with van der Waals surface area (Å²) >= 11 is 11.5. The second-order valence-electron chi connectivity index (χ2n) is 4.39. The van der Waals surface area contributed by atoms with Crippen molar-refractivity contribution in [3.8, 4) is 0 Å². The van der Waals surface area contributed by atoms with Crippen LogP contribution in [0.3, 0.4) is 0 Å². The normalized spacial score (nSPS) is 17.1. The van der Waals surface area contributed by atoms with E-state index in [0.717, 1.165) is 0 Å². The van der Waals surface area contributed by atoms with Crippen LogP contribution in [0.4, 0.5) is 18.9 Å². The average molecular weight is 313 g/mol. The van der Waals surface area contributed by atoms with Gasteiger partial charge >= 0.3 is 6.18 Å². The number of carbonyl (C=O) groups excluding carboxylic acids is 1. The molecule has 1 amide bonds. The van der Waals surface area contributed by atoms with Crippen molar-refractivity contribution >= 4 is 34.8 Å². The molecule has 0 heterocycles. The molecule has 0 spiro atoms. The maximum Gasteiger partial charge on any atom is 0.411 e. The first-order valence-corrected chi connectivity index (χ1v) is 6.06. The lowest BCUT2D eigenvalue weighted by Crippen LogP contribution is -2.47. The monoisotopic (exact) mass is 312 g/mol. The molecule has 8 heteroatoms. The third-order valence-corrected chi connectivity index (χ3v) is 3.61. The SMILES string of the molecule is Nc1c(Cl)cc(C(=O)NC2(C(F)(F)F)CC2)cc1Cl. The van der Waals surface area contributed by atoms with Crippen LogP contribution in [-0.4, -0.2) is 17.6 Å². The van der Waals surface area contributed by atoms with Crippen LogP contribution in [0.15, 0.2) is 12.1 Å². The summed E-state index contributed by atoms with van der Waals surface area (Å²) in [5.41, 5.74) is 3.39. The molecule has 104 valence electrons. The van der Waals surface area contributed by atoms with E-state index in [9.17, 15) is 18.0 Å². The molecule has 0 aromatic heterocycles. The van der Waals surface area contributed by atoms with E-state index >= 15 is 0 Å². The highest BCUT2D eigenvalue weighted by molar-refractivity contribution is 6.39. The summed E-state index contributed by atoms with van der Waals surface area (Å²) in [6, 6.07) is 2.37. The predicted molar refractivity (Wildman–Crippen MR) is 66.4 cm³/mol. The molecule has 1 aliphatic carbocycles. The number of benzene rings is 1. The molecule has 19 heavy (non-hydrogen) atoms. The van der Waals surface area contributed by atoms with Gasteiger partial charge in [-0.25, -0.2) is 0 Å². The Labute approximate surface area is 116 Å². The zero-order valence-electron chi connectivity index (χ0n) is 9.44. The van der Waals surface area contributed by atoms with Crippen molar-refractivity contribution < 1.29 is 18.0 Å². The highest BCUT2D eigenvalue weighted by Crippen LogP contribution is 2.49. The summed E-state index contributed by atoms with van der Waals surface area (Å²) in [7, 11) is 0. The number of hydrogen-bond donors (Lipinski definition) is 2. The number of rotatable bonds is 2. The third kappa shape index (κ3) is 2.60. The van der Waals surface area contributed by atoms with Crippen molar-refractivity contribution in [1.82, 2.24) is 5.32 Å². The van der Waals surface area contributed by atoms with Crippen molar-refractivity contribution in [2.24, 2.45) is 0 Å². The first kappa shape index (κ1) is 14.3. The van der Waals surface area contributed by atoms with Gasteiger partial charge in [0, 0.05) is 5.56 Å². The van der Waals surface area contributed by atoms with Crippen LogP contribution in [0.5, 0.6) is 0 Å². The van der Waals surface area contributed by atoms with Crippen LogP contribution in [-0.2, 0) is 0 Å². The Hall–Kier alpha value is -1.14. The molecular formula is C11H9Cl2F3N2O. The number of anilines is 1. The molecule has 1 fully saturated rings. The fraction of sp³-hybridized carbons (Fsp3) is 0.364. The van der Waals surface area contributed by atoms with Gasteiger partial charge in [0.25, 0.3) is 5.91 Å². The second kappa shape index (κ2) is 4.45. The van der Waals surface area contributed by atoms with Gasteiger partial charge in [-0.2, -0.15) is 13.2 Å². The topological polar surface area (TPSA) is 55.1 Å². The Kier molecular flexibility index (Phi) is 3.35. The summed E-state index contributed by atoms with van der Waals surface area (Å²) in [6.45, 7) is 0. The van der Waals surface area contributed by atoms with Gasteiger partial charge in [0.2, 0.25) is 0 Å². The number of carbonyl (C=O) groups is 1. The zero-order chi connectivity index (χ0) is 14.4. The first-order chi connectivity index (χ1) is 8.66. The van der Waals surface area contributed by atoms with Gasteiger partial charge in [0.1, 0.15) is 5.54 Å². The van der Waals surface area contributed by atoms with Crippen molar-refractivity contribution in [2.45, 2.75) is 24.6 Å². The second-order valence-corrected chi connectivity index (χ2v) is 5.20. The van der Waals surface area contributed by atoms with E-state index in [1.807, 2.05) is 5.32 Å². The van der Waals surface area contributed by atoms with Crippen LogP contribution in [0, 0.1) is 0 Å². The molecule has 0 radical (unpaired) electrons. The van der Waals surface area contributed by atoms with Gasteiger partial charge in [0.05, 0.1) is 15.7 Å². The lowest BCUT2D eigenvalue weighted by molar-refractivity contribution is -0.163. The molecule has 0 saturated heterocycles. The van der Waals surface area contributed by atoms with Crippen molar-refractivity contribution in [3.63, 3.8) is 0 Å². The smallest absolute Gasteiger partial charge is 0.396 e. The van der Waals surface area contributed by atoms with Crippen LogP contribution in [0.25, 0.3) is 0 Å². The number of nitrogens with two attached hydrogens (primary N) is 1. The van der Waals surface area contributed by atoms with Gasteiger partial charge in [-0.3, -0.25) is 4.79 Å². The molecule has 0 atom stereocenters. The van der Waals surface area contributed by atoms with Gasteiger partial charge in [-0.1, -0.05) is 23.2 Å². The van der Waals surface area contributed by atoms with E-state index in [1.165, 1.54) is 12.1 Å². The number of nitrogens with one attached hydrogen (secondary N) is 1. The van der Waals surface area contributed by atoms with Crippen LogP contribution >= 0.6 is 23.2 Å². The van der Waals surface area contributed by atoms with E-state index in [-0.39, 0.29) is 34.1 Å². The highest BCUT2D eigenvalue weighted by atomic mass is 35.5. The lowest BCUT2D eigenvalue weighted by atomic mass is 10.1. The quantitative estimate of drug-likeness (QED) is 0.822. The van der Waals surface area contributed by atoms with Crippen LogP contribution < -0.4 is 11.1 Å². The molecule has 3 nitrogen and oxygen atoms in total. The Bertz CT molecular complexity index is 518. The van der Waals surface area contributed by atoms with Gasteiger partial charge in [-0.15, -0.1) is 0 Å². The molecule has 1 aliphatic rings. The van der Waals surface area contributed by atoms with E-state index in [1.54, 1.807) is 0 Å². The summed E-state index contributed by atoms with van der Waals surface area (Å²) in [5.74, 6) is -0.876. The Morgan fingerprint density at radius 2 is 1.74 bits per heavy atom. The fourth-order valence-electron chi connectivity index (χ4n) is 1.61. The molecule has 0 bridgehead atoms. The molecular weight excluding hydrogens is 304 g/mol. The number of hydrogen-bond acceptors (Lipinski definition) is 2. The maximum absolute atomic E-state index is 12.7. The van der Waals surface area contributed by atoms with Crippen molar-refractivity contribution in [1.29, 1.82) is 0 Å². The molecule has 3 N–H and O–H groups in total. The zero-order valence-corrected chi connectivity index (χ0v) is 11.0. The molecule has 0 aliphatic heterocycles. The highest BCUT2D eigenvalue weighted by Gasteiger charge is 2.64. The molecule has 2 rings (SSSR count). The van der Waals surface area contributed by atoms with E-state index in [0.29, 0.717) is 0 Å². The van der Waals surface area contributed by atoms with E-state index < -0.39 is 17.6 Å². The standard InChI is InChI=1S/C11H9Cl2F3N2O/c12-6-3-5(4-7(13)8(6)17)9(19)18-10(1-2-10)11(14,15)16/h3-4H,1-2,17H2,(H,18,19). The van der Waals surface area contributed by atoms with E-state index in [2.05, 4.69) is 0 Å². The number of alkyl halides is 3. The van der Waals surface area contributed by atoms with Crippen LogP contribution in [0.1, 0.15) is 23.2 Å². The van der Waals surface area contributed by atoms with E-state index in [4.69, 9.17) is 28.9 Å². The van der Waals surface area contributed by atoms with Crippen LogP contribution in [0.2, 0.25) is 10.0 Å². The minimum absolute atomic E-state index is 0.0227. The largest absolute Gasteiger partial charge is 0.411 e. The minimum Gasteiger partial charge on any atom is -0.396 e. The lowest BCUT2D eigenvalue weighted by Gasteiger charge is -2.20. The molecule has 0 unspecified atom stereocenters. The average Bonchev–Trinajstić information content (AvgIpc) is 3.05. The molecule has 1 aromatic rings. The van der Waals surface area contributed by atoms with Crippen molar-refractivity contribution in [2.75, 3.05) is 5.73 Å². The summed E-state index contributed by atoms with van der Waals surface area (Å²) in [4.78, 5) is 11.8. The van der Waals surface area contributed by atoms with Gasteiger partial charge < -0.3 is 11.1 Å². The minimum atomic E-state index is -4.47. The predicted octanol–water partition coefficient (Wildman–Crippen LogP) is 3.40. The maximum atomic E-state index is 12.7. The van der Waals surface area contributed by atoms with Gasteiger partial charge in [0.15, 0.2) is 0 Å². The summed E-state index contributed by atoms with van der Waals surface area (Å²) in [6.07, 6.45) is -4.72. The fourth-order valence-corrected chi connectivity index (χ4v) is 2.10. The van der Waals surface area contributed by atoms with Crippen molar-refractivity contribution in [3.05, 3.63) is 27.7 Å². The third-order valence-electron chi connectivity index (χ3n) is 2.99. The first-order valence-electron chi connectivity index (χ1n) is 5.30. The molecule has 1 aromatic carbocycles. The Morgan fingerprint density at radius 1 is 1.26 bits per heavy atom. The summed E-state index contributed by atoms with van der Waals surface area (Å²) in [5, 5.41) is 2.02. The number of halogens is 5. The Balaban J connectivity index is 2.22. The summed E-state index contributed by atoms with van der Waals surface area (Å²) < 4.78 is 38.1. The number of nitrogen functional groups attached to an aromatic ring is 1. The number of amides is 1. The Morgan fingerprint density at radius 3 is 2.11 bits per heavy atom. The molecule has 1 saturated carbocycles.